The molecule has 686 valence electrons. The predicted octanol–water partition coefficient (Wildman–Crippen LogP) is 28.8. The van der Waals surface area contributed by atoms with Crippen LogP contribution in [0.1, 0.15) is 145 Å². The van der Waals surface area contributed by atoms with Gasteiger partial charge in [-0.15, -0.1) is 0 Å². The standard InChI is InChI=1S/2C24H25N3O.C23H24N4O.C22H21N3O.C21H20N4O/c2*1-14(2)26-17(5)27(21-9-7-6-8-20(21)26)22-15(3)10-12-18-19-13-11-16(4)25-24(19)28-23(18)22;1-13(2)26-16(5)27(22-19(26)7-6-12-24-22)20-14(3)8-10-17-18-11-9-15(4)25-23(18)28-21(17)20;1-13-9-11-16-17-12-10-14(2)23-22(17)26-21(16)20(13)25-15(3)24(4)18-7-5-6-8-19(18)25;1-12-7-9-15-16-10-8-13(2)23-21(16)26-19(15)18(12)25-14(3)24(4)17-6-5-11-22-20(17)25/h2*6-14,17H,1-5H3;6-13,16H,1-5H3;5-12,15H,1-4H3;5-11,14H,1-4H3/t2*17-;16-;15-;14-/m00000/s1/i2*14D;13D;2*4D3. The molecule has 0 amide bonds. The van der Waals surface area contributed by atoms with E-state index in [1.165, 1.54) is 9.80 Å². The summed E-state index contributed by atoms with van der Waals surface area (Å²) in [7, 11) is 0. The molecule has 0 radical (unpaired) electrons. The first kappa shape index (κ1) is 77.3. The summed E-state index contributed by atoms with van der Waals surface area (Å²) in [6.45, 7) is 37.3. The Labute approximate surface area is 805 Å². The number of nitrogens with zero attached hydrogens (tertiary/aromatic N) is 17. The Balaban J connectivity index is 0.000000107. The van der Waals surface area contributed by atoms with Gasteiger partial charge in [-0.3, -0.25) is 0 Å². The molecule has 0 N–H and O–H groups in total. The Bertz CT molecular complexity index is 7440. The number of aryl methyl sites for hydroxylation is 10. The molecule has 0 saturated carbocycles. The molecule has 22 nitrogen and oxygen atoms in total. The maximum absolute atomic E-state index is 8.74. The lowest BCUT2D eigenvalue weighted by Gasteiger charge is -2.33. The Hall–Kier alpha value is -15.2. The predicted molar refractivity (Wildman–Crippen MR) is 560 cm³/mol. The highest BCUT2D eigenvalue weighted by Crippen LogP contribution is 2.56. The zero-order chi connectivity index (χ0) is 102. The van der Waals surface area contributed by atoms with E-state index in [1.807, 2.05) is 218 Å². The van der Waals surface area contributed by atoms with Crippen LogP contribution in [0, 0.1) is 69.2 Å². The molecular weight excluding hydrogens is 1690 g/mol. The maximum atomic E-state index is 8.74. The van der Waals surface area contributed by atoms with Crippen molar-refractivity contribution < 1.29 is 34.4 Å². The molecule has 5 aliphatic heterocycles. The van der Waals surface area contributed by atoms with Gasteiger partial charge in [-0.2, -0.15) is 0 Å². The lowest BCUT2D eigenvalue weighted by Crippen LogP contribution is -2.42. The highest BCUT2D eigenvalue weighted by molar-refractivity contribution is 6.15. The van der Waals surface area contributed by atoms with Crippen LogP contribution in [0.5, 0.6) is 0 Å². The van der Waals surface area contributed by atoms with Crippen molar-refractivity contribution in [3.63, 3.8) is 0 Å². The molecule has 20 aromatic rings. The highest BCUT2D eigenvalue weighted by Gasteiger charge is 2.43. The minimum absolute atomic E-state index is 0.0212. The van der Waals surface area contributed by atoms with Gasteiger partial charge in [0.15, 0.2) is 39.6 Å². The van der Waals surface area contributed by atoms with Crippen LogP contribution in [0.3, 0.4) is 0 Å². The third-order valence-corrected chi connectivity index (χ3v) is 27.2. The number of pyridine rings is 7. The SMILES string of the molecule is [2H]C(C)(C)N1c2ccccc2N(c2c(C)ccc3c2oc2nc(C)ccc23)[C@H]1C.[2H]C(C)(C)N1c2ccccc2N(c2c(C)ccc3c2oc2nc(C)ccc23)[C@H]1C.[2H]C(C)(C)N1c2cccnc2N(c2c(C)ccc3c2oc2nc(C)ccc23)[C@H]1C.[2H]C([2H])([2H])N1c2ccccc2N(c2c(C)ccc3c2oc2nc(C)ccc23)[C@H]1C.[2H]C([2H])([2H])N1c2cccnc2N(c2c(C)ccc3c2oc2nc(C)ccc23)[C@H]1C. The van der Waals surface area contributed by atoms with Gasteiger partial charge in [-0.05, 0) is 295 Å². The molecule has 136 heavy (non-hydrogen) atoms. The van der Waals surface area contributed by atoms with Gasteiger partial charge in [0.1, 0.15) is 30.8 Å². The molecule has 5 aliphatic rings. The third kappa shape index (κ3) is 14.1. The minimum Gasteiger partial charge on any atom is -0.435 e. The smallest absolute Gasteiger partial charge is 0.227 e. The van der Waals surface area contributed by atoms with E-state index in [0.29, 0.717) is 51.3 Å². The molecule has 5 atom stereocenters. The average Bonchev–Trinajstić information content (AvgIpc) is 1.58. The van der Waals surface area contributed by atoms with Crippen molar-refractivity contribution in [2.75, 3.05) is 63.0 Å². The molecule has 0 aliphatic carbocycles. The molecule has 0 spiro atoms. The molecule has 17 heterocycles. The van der Waals surface area contributed by atoms with E-state index < -0.39 is 44.3 Å². The van der Waals surface area contributed by atoms with Gasteiger partial charge in [0.25, 0.3) is 0 Å². The summed E-state index contributed by atoms with van der Waals surface area (Å²) >= 11 is 0. The van der Waals surface area contributed by atoms with Gasteiger partial charge < -0.3 is 71.1 Å². The summed E-state index contributed by atoms with van der Waals surface area (Å²) in [5.41, 5.74) is 29.3. The number of rotatable bonds is 8. The fourth-order valence-electron chi connectivity index (χ4n) is 21.0. The van der Waals surface area contributed by atoms with E-state index >= 15 is 0 Å². The first-order valence-electron chi connectivity index (χ1n) is 50.9. The van der Waals surface area contributed by atoms with E-state index in [2.05, 4.69) is 203 Å². The van der Waals surface area contributed by atoms with Crippen LogP contribution in [0.4, 0.5) is 85.6 Å². The zero-order valence-corrected chi connectivity index (χ0v) is 80.5. The van der Waals surface area contributed by atoms with Crippen LogP contribution >= 0.6 is 0 Å². The molecule has 0 fully saturated rings. The summed E-state index contributed by atoms with van der Waals surface area (Å²) < 4.78 is 106. The van der Waals surface area contributed by atoms with Gasteiger partial charge >= 0.3 is 0 Å². The number of hydrogen-bond donors (Lipinski definition) is 0. The summed E-state index contributed by atoms with van der Waals surface area (Å²) in [6.07, 6.45) is 2.50. The van der Waals surface area contributed by atoms with E-state index in [0.717, 1.165) is 201 Å². The molecular formula is C114H115N17O5. The second-order valence-corrected chi connectivity index (χ2v) is 36.9. The van der Waals surface area contributed by atoms with Crippen LogP contribution < -0.4 is 49.0 Å². The summed E-state index contributed by atoms with van der Waals surface area (Å²) in [6, 6.07) is 70.7. The maximum Gasteiger partial charge on any atom is 0.227 e. The van der Waals surface area contributed by atoms with Crippen LogP contribution in [-0.4, -0.2) is 97.7 Å². The van der Waals surface area contributed by atoms with Crippen molar-refractivity contribution in [1.82, 2.24) is 34.9 Å². The Morgan fingerprint density at radius 3 is 0.794 bits per heavy atom. The van der Waals surface area contributed by atoms with Gasteiger partial charge in [0.2, 0.25) is 28.6 Å². The number of furan rings is 5. The van der Waals surface area contributed by atoms with Crippen LogP contribution in [0.2, 0.25) is 0 Å². The second kappa shape index (κ2) is 33.8. The first-order valence-corrected chi connectivity index (χ1v) is 46.4. The molecule has 0 unspecified atom stereocenters. The fraction of sp³-hybridized carbons (Fsp3) is 0.272. The van der Waals surface area contributed by atoms with Crippen molar-refractivity contribution in [3.8, 4) is 0 Å². The van der Waals surface area contributed by atoms with Crippen molar-refractivity contribution in [2.45, 2.75) is 194 Å². The first-order chi connectivity index (χ1) is 68.8. The van der Waals surface area contributed by atoms with Crippen molar-refractivity contribution in [2.24, 2.45) is 0 Å². The largest absolute Gasteiger partial charge is 0.435 e. The van der Waals surface area contributed by atoms with E-state index in [1.54, 1.807) is 24.5 Å². The quantitative estimate of drug-likeness (QED) is 0.140. The second-order valence-electron chi connectivity index (χ2n) is 36.9. The van der Waals surface area contributed by atoms with Gasteiger partial charge in [-0.1, -0.05) is 97.1 Å². The summed E-state index contributed by atoms with van der Waals surface area (Å²) in [5.74, 6) is 1.46. The van der Waals surface area contributed by atoms with E-state index in [4.69, 9.17) is 39.4 Å². The Kier molecular flexibility index (Phi) is 19.2. The van der Waals surface area contributed by atoms with Gasteiger partial charge in [0.05, 0.1) is 78.0 Å². The van der Waals surface area contributed by atoms with Crippen LogP contribution in [-0.2, 0) is 0 Å². The number of para-hydroxylation sites is 6. The number of aromatic nitrogens is 7. The molecule has 25 rings (SSSR count). The molecule has 0 saturated heterocycles. The van der Waals surface area contributed by atoms with E-state index in [-0.39, 0.29) is 18.5 Å². The van der Waals surface area contributed by atoms with Crippen molar-refractivity contribution >= 4 is 196 Å². The van der Waals surface area contributed by atoms with Crippen molar-refractivity contribution in [3.05, 3.63) is 287 Å². The summed E-state index contributed by atoms with van der Waals surface area (Å²) in [5, 5.41) is 10.1. The van der Waals surface area contributed by atoms with Crippen LogP contribution in [0.15, 0.2) is 253 Å². The molecule has 0 bridgehead atoms. The Morgan fingerprint density at radius 1 is 0.250 bits per heavy atom. The molecule has 22 heteroatoms. The third-order valence-electron chi connectivity index (χ3n) is 27.2. The molecule has 8 aromatic carbocycles. The molecule has 12 aromatic heterocycles. The normalized spacial score (nSPS) is 18.0. The number of anilines is 15. The Morgan fingerprint density at radius 2 is 0.478 bits per heavy atom. The zero-order valence-electron chi connectivity index (χ0n) is 89.5. The number of benzene rings is 8. The number of hydrogen-bond acceptors (Lipinski definition) is 22. The lowest BCUT2D eigenvalue weighted by molar-refractivity contribution is 0.601. The number of fused-ring (bicyclic) bond motifs is 20. The van der Waals surface area contributed by atoms with Crippen LogP contribution in [0.25, 0.3) is 110 Å². The van der Waals surface area contributed by atoms with E-state index in [9.17, 15) is 0 Å². The average molecular weight is 1810 g/mol. The van der Waals surface area contributed by atoms with Crippen molar-refractivity contribution in [1.29, 1.82) is 0 Å². The minimum atomic E-state index is -2.29. The van der Waals surface area contributed by atoms with Gasteiger partial charge in [0, 0.05) is 135 Å². The monoisotopic (exact) mass is 1810 g/mol. The highest BCUT2D eigenvalue weighted by atomic mass is 16.4. The van der Waals surface area contributed by atoms with Gasteiger partial charge in [-0.25, -0.2) is 34.9 Å². The topological polar surface area (TPSA) is 188 Å². The lowest BCUT2D eigenvalue weighted by atomic mass is 10.1. The summed E-state index contributed by atoms with van der Waals surface area (Å²) in [4.78, 5) is 52.2. The fourth-order valence-corrected chi connectivity index (χ4v) is 21.0.